The normalized spacial score (nSPS) is 17.9. The van der Waals surface area contributed by atoms with Crippen LogP contribution >= 0.6 is 0 Å². The first-order valence-electron chi connectivity index (χ1n) is 9.13. The zero-order valence-corrected chi connectivity index (χ0v) is 14.4. The van der Waals surface area contributed by atoms with Crippen molar-refractivity contribution in [2.75, 3.05) is 6.54 Å². The Morgan fingerprint density at radius 2 is 2.16 bits per heavy atom. The highest BCUT2D eigenvalue weighted by Gasteiger charge is 2.26. The zero-order valence-electron chi connectivity index (χ0n) is 14.4. The largest absolute Gasteiger partial charge is 0.361 e. The summed E-state index contributed by atoms with van der Waals surface area (Å²) in [5.74, 6) is 0.245. The van der Waals surface area contributed by atoms with Crippen LogP contribution in [0.5, 0.6) is 0 Å². The molecule has 5 nitrogen and oxygen atoms in total. The topological polar surface area (TPSA) is 53.9 Å². The minimum Gasteiger partial charge on any atom is -0.361 e. The third-order valence-corrected chi connectivity index (χ3v) is 5.21. The fourth-order valence-electron chi connectivity index (χ4n) is 3.89. The van der Waals surface area contributed by atoms with Crippen molar-refractivity contribution >= 4 is 16.8 Å². The van der Waals surface area contributed by atoms with Gasteiger partial charge in [-0.3, -0.25) is 9.48 Å². The molecule has 1 fully saturated rings. The second kappa shape index (κ2) is 7.13. The molecule has 0 aliphatic carbocycles. The number of carbonyl (C=O) groups excluding carboxylic acids is 1. The molecule has 1 saturated heterocycles. The summed E-state index contributed by atoms with van der Waals surface area (Å²) in [6.07, 6.45) is 10.6. The maximum Gasteiger partial charge on any atom is 0.227 e. The quantitative estimate of drug-likeness (QED) is 0.776. The van der Waals surface area contributed by atoms with Gasteiger partial charge in [0.2, 0.25) is 5.91 Å². The van der Waals surface area contributed by atoms with Crippen molar-refractivity contribution in [2.45, 2.75) is 44.7 Å². The summed E-state index contributed by atoms with van der Waals surface area (Å²) in [6, 6.07) is 10.5. The number of likely N-dealkylation sites (tertiary alicyclic amines) is 1. The van der Waals surface area contributed by atoms with Crippen LogP contribution in [0.1, 0.15) is 31.2 Å². The first-order valence-corrected chi connectivity index (χ1v) is 9.13. The van der Waals surface area contributed by atoms with E-state index in [1.54, 1.807) is 6.20 Å². The number of aryl methyl sites for hydroxylation is 1. The molecule has 1 N–H and O–H groups in total. The molecule has 0 spiro atoms. The van der Waals surface area contributed by atoms with Gasteiger partial charge in [-0.2, -0.15) is 5.10 Å². The number of benzene rings is 1. The molecule has 5 heteroatoms. The van der Waals surface area contributed by atoms with Gasteiger partial charge in [0.25, 0.3) is 0 Å². The van der Waals surface area contributed by atoms with Crippen molar-refractivity contribution < 1.29 is 4.79 Å². The predicted octanol–water partition coefficient (Wildman–Crippen LogP) is 3.38. The number of amides is 1. The third kappa shape index (κ3) is 3.45. The van der Waals surface area contributed by atoms with Crippen LogP contribution < -0.4 is 0 Å². The highest BCUT2D eigenvalue weighted by atomic mass is 16.2. The van der Waals surface area contributed by atoms with Gasteiger partial charge in [0.15, 0.2) is 0 Å². The lowest BCUT2D eigenvalue weighted by Gasteiger charge is -2.36. The number of piperidine rings is 1. The molecular formula is C20H24N4O. The zero-order chi connectivity index (χ0) is 17.1. The van der Waals surface area contributed by atoms with E-state index in [1.165, 1.54) is 6.42 Å². The average Bonchev–Trinajstić information content (AvgIpc) is 3.30. The lowest BCUT2D eigenvalue weighted by molar-refractivity contribution is -0.134. The molecule has 1 aliphatic rings. The molecule has 0 radical (unpaired) electrons. The maximum atomic E-state index is 13.0. The molecule has 25 heavy (non-hydrogen) atoms. The maximum absolute atomic E-state index is 13.0. The summed E-state index contributed by atoms with van der Waals surface area (Å²) in [4.78, 5) is 18.3. The van der Waals surface area contributed by atoms with E-state index in [9.17, 15) is 4.79 Å². The van der Waals surface area contributed by atoms with Crippen LogP contribution in [0.25, 0.3) is 10.9 Å². The van der Waals surface area contributed by atoms with Crippen molar-refractivity contribution in [3.8, 4) is 0 Å². The van der Waals surface area contributed by atoms with Gasteiger partial charge < -0.3 is 9.88 Å². The second-order valence-corrected chi connectivity index (χ2v) is 6.83. The van der Waals surface area contributed by atoms with E-state index >= 15 is 0 Å². The minimum absolute atomic E-state index is 0.245. The Kier molecular flexibility index (Phi) is 4.55. The number of H-pyrrole nitrogens is 1. The molecule has 3 heterocycles. The molecule has 1 aliphatic heterocycles. The number of rotatable bonds is 5. The van der Waals surface area contributed by atoms with E-state index in [4.69, 9.17) is 0 Å². The van der Waals surface area contributed by atoms with E-state index in [2.05, 4.69) is 27.1 Å². The number of hydrogen-bond acceptors (Lipinski definition) is 2. The summed E-state index contributed by atoms with van der Waals surface area (Å²) < 4.78 is 1.96. The highest BCUT2D eigenvalue weighted by molar-refractivity contribution is 5.89. The Morgan fingerprint density at radius 1 is 1.24 bits per heavy atom. The fraction of sp³-hybridized carbons (Fsp3) is 0.400. The summed E-state index contributed by atoms with van der Waals surface area (Å²) in [5.41, 5.74) is 2.19. The number of fused-ring (bicyclic) bond motifs is 1. The molecule has 4 rings (SSSR count). The van der Waals surface area contributed by atoms with E-state index < -0.39 is 0 Å². The summed E-state index contributed by atoms with van der Waals surface area (Å²) in [5, 5.41) is 5.43. The summed E-state index contributed by atoms with van der Waals surface area (Å²) >= 11 is 0. The van der Waals surface area contributed by atoms with Crippen molar-refractivity contribution in [3.05, 3.63) is 54.5 Å². The molecule has 0 saturated carbocycles. The molecular weight excluding hydrogens is 312 g/mol. The van der Waals surface area contributed by atoms with Gasteiger partial charge in [-0.05, 0) is 43.4 Å². The summed E-state index contributed by atoms with van der Waals surface area (Å²) in [7, 11) is 0. The van der Waals surface area contributed by atoms with Crippen molar-refractivity contribution in [1.29, 1.82) is 0 Å². The molecule has 0 unspecified atom stereocenters. The fourth-order valence-corrected chi connectivity index (χ4v) is 3.89. The van der Waals surface area contributed by atoms with Gasteiger partial charge >= 0.3 is 0 Å². The Labute approximate surface area is 147 Å². The van der Waals surface area contributed by atoms with Gasteiger partial charge in [-0.25, -0.2) is 0 Å². The van der Waals surface area contributed by atoms with Gasteiger partial charge in [0.1, 0.15) is 0 Å². The Hall–Kier alpha value is -2.56. The van der Waals surface area contributed by atoms with Crippen LogP contribution in [0.4, 0.5) is 0 Å². The molecule has 3 aromatic rings. The molecule has 0 bridgehead atoms. The Bertz CT molecular complexity index is 836. The van der Waals surface area contributed by atoms with Gasteiger partial charge in [0, 0.05) is 48.6 Å². The van der Waals surface area contributed by atoms with E-state index in [-0.39, 0.29) is 5.91 Å². The number of para-hydroxylation sites is 1. The molecule has 1 amide bonds. The smallest absolute Gasteiger partial charge is 0.227 e. The lowest BCUT2D eigenvalue weighted by atomic mass is 9.98. The molecule has 130 valence electrons. The Morgan fingerprint density at radius 3 is 3.04 bits per heavy atom. The van der Waals surface area contributed by atoms with Crippen molar-refractivity contribution in [2.24, 2.45) is 0 Å². The van der Waals surface area contributed by atoms with Gasteiger partial charge in [-0.15, -0.1) is 0 Å². The van der Waals surface area contributed by atoms with Crippen LogP contribution in [0.3, 0.4) is 0 Å². The molecule has 1 aromatic carbocycles. The first kappa shape index (κ1) is 15.9. The summed E-state index contributed by atoms with van der Waals surface area (Å²) in [6.45, 7) is 1.75. The molecule has 1 atom stereocenters. The van der Waals surface area contributed by atoms with E-state index in [1.807, 2.05) is 35.3 Å². The van der Waals surface area contributed by atoms with Crippen LogP contribution in [0, 0.1) is 0 Å². The van der Waals surface area contributed by atoms with Gasteiger partial charge in [-0.1, -0.05) is 18.2 Å². The number of hydrogen-bond donors (Lipinski definition) is 1. The van der Waals surface area contributed by atoms with E-state index in [0.717, 1.165) is 48.8 Å². The first-order chi connectivity index (χ1) is 12.3. The lowest BCUT2D eigenvalue weighted by Crippen LogP contribution is -2.44. The second-order valence-electron chi connectivity index (χ2n) is 6.83. The number of nitrogens with one attached hydrogen (secondary N) is 1. The minimum atomic E-state index is 0.245. The van der Waals surface area contributed by atoms with Crippen molar-refractivity contribution in [1.82, 2.24) is 19.7 Å². The van der Waals surface area contributed by atoms with Crippen LogP contribution in [-0.2, 0) is 17.8 Å². The van der Waals surface area contributed by atoms with Gasteiger partial charge in [0.05, 0.1) is 6.42 Å². The van der Waals surface area contributed by atoms with Crippen LogP contribution in [-0.4, -0.2) is 38.2 Å². The number of aromatic amines is 1. The highest BCUT2D eigenvalue weighted by Crippen LogP contribution is 2.23. The van der Waals surface area contributed by atoms with E-state index in [0.29, 0.717) is 12.5 Å². The van der Waals surface area contributed by atoms with Crippen LogP contribution in [0.2, 0.25) is 0 Å². The number of nitrogens with zero attached hydrogens (tertiary/aromatic N) is 3. The average molecular weight is 336 g/mol. The van der Waals surface area contributed by atoms with Crippen molar-refractivity contribution in [3.63, 3.8) is 0 Å². The number of carbonyl (C=O) groups is 1. The monoisotopic (exact) mass is 336 g/mol. The van der Waals surface area contributed by atoms with Crippen LogP contribution in [0.15, 0.2) is 48.9 Å². The predicted molar refractivity (Wildman–Crippen MR) is 98.2 cm³/mol. The third-order valence-electron chi connectivity index (χ3n) is 5.21. The standard InChI is InChI=1S/C20H24N4O/c25-20(14-16-15-21-19-8-2-1-7-18(16)19)24-12-4-3-6-17(24)9-13-23-11-5-10-22-23/h1-2,5,7-8,10-11,15,17,21H,3-4,6,9,12-14H2/t17-/m0/s1. The SMILES string of the molecule is O=C(Cc1c[nH]c2ccccc12)N1CCCC[C@H]1CCn1cccn1. The number of aromatic nitrogens is 3. The Balaban J connectivity index is 1.45. The molecule has 2 aromatic heterocycles.